The summed E-state index contributed by atoms with van der Waals surface area (Å²) >= 11 is 0. The molecule has 244 valence electrons. The van der Waals surface area contributed by atoms with Crippen molar-refractivity contribution in [2.24, 2.45) is 56.7 Å². The summed E-state index contributed by atoms with van der Waals surface area (Å²) in [6.45, 7) is 24.7. The van der Waals surface area contributed by atoms with Crippen LogP contribution in [0.4, 0.5) is 0 Å². The smallest absolute Gasteiger partial charge is 0.312 e. The maximum atomic E-state index is 14.2. The molecule has 5 aliphatic carbocycles. The Labute approximate surface area is 262 Å². The Morgan fingerprint density at radius 2 is 1.63 bits per heavy atom. The highest BCUT2D eigenvalue weighted by atomic mass is 16.5. The van der Waals surface area contributed by atoms with E-state index in [0.29, 0.717) is 36.2 Å². The van der Waals surface area contributed by atoms with Crippen molar-refractivity contribution in [3.63, 3.8) is 0 Å². The van der Waals surface area contributed by atoms with Crippen molar-refractivity contribution in [2.45, 2.75) is 125 Å². The van der Waals surface area contributed by atoms with Gasteiger partial charge < -0.3 is 14.6 Å². The average Bonchev–Trinajstić information content (AvgIpc) is 3.37. The van der Waals surface area contributed by atoms with Crippen molar-refractivity contribution in [2.75, 3.05) is 39.5 Å². The van der Waals surface area contributed by atoms with Crippen LogP contribution in [0.2, 0.25) is 0 Å². The fourth-order valence-corrected chi connectivity index (χ4v) is 13.1. The summed E-state index contributed by atoms with van der Waals surface area (Å²) in [5.41, 5.74) is 1.68. The van der Waals surface area contributed by atoms with Gasteiger partial charge in [-0.15, -0.1) is 0 Å². The number of hydrogen-bond donors (Lipinski definition) is 1. The summed E-state index contributed by atoms with van der Waals surface area (Å²) in [5, 5.41) is 11.0. The lowest BCUT2D eigenvalue weighted by atomic mass is 9.32. The van der Waals surface area contributed by atoms with Crippen molar-refractivity contribution in [1.82, 2.24) is 4.90 Å². The molecule has 43 heavy (non-hydrogen) atoms. The van der Waals surface area contributed by atoms with E-state index in [2.05, 4.69) is 53.0 Å². The number of ether oxygens (including phenoxy) is 2. The number of rotatable bonds is 7. The summed E-state index contributed by atoms with van der Waals surface area (Å²) in [5.74, 6) is 2.70. The first kappa shape index (κ1) is 32.0. The number of aliphatic hydroxyl groups is 1. The van der Waals surface area contributed by atoms with Gasteiger partial charge in [0, 0.05) is 13.1 Å². The number of carbonyl (C=O) groups is 1. The maximum Gasteiger partial charge on any atom is 0.312 e. The lowest BCUT2D eigenvalue weighted by Crippen LogP contribution is -2.67. The van der Waals surface area contributed by atoms with Gasteiger partial charge in [0.2, 0.25) is 0 Å². The van der Waals surface area contributed by atoms with E-state index in [-0.39, 0.29) is 39.1 Å². The maximum absolute atomic E-state index is 14.2. The van der Waals surface area contributed by atoms with Crippen LogP contribution in [0.1, 0.15) is 119 Å². The fraction of sp³-hybridized carbons (Fsp3) is 0.921. The summed E-state index contributed by atoms with van der Waals surface area (Å²) < 4.78 is 11.7. The Morgan fingerprint density at radius 3 is 2.35 bits per heavy atom. The van der Waals surface area contributed by atoms with Crippen LogP contribution in [0.3, 0.4) is 0 Å². The molecule has 1 saturated heterocycles. The van der Waals surface area contributed by atoms with Gasteiger partial charge in [0.15, 0.2) is 0 Å². The number of morpholine rings is 1. The zero-order valence-corrected chi connectivity index (χ0v) is 28.5. The lowest BCUT2D eigenvalue weighted by molar-refractivity contribution is -0.248. The first-order chi connectivity index (χ1) is 20.3. The standard InChI is InChI=1S/C38H63NO4/c1-26(2)27-12-17-38(33(41)43-23-9-8-20-39-21-24-42-25-22-39)19-18-36(6)28(32(27)38)10-11-30-35(5)15-14-31(40)34(3,4)29(35)13-16-37(30,36)7/h27-32,40H,1,8-25H2,2-7H3. The minimum atomic E-state index is -0.334. The highest BCUT2D eigenvalue weighted by Crippen LogP contribution is 2.77. The van der Waals surface area contributed by atoms with E-state index < -0.39 is 0 Å². The van der Waals surface area contributed by atoms with Crippen LogP contribution in [0, 0.1) is 56.7 Å². The molecule has 0 amide bonds. The number of carbonyl (C=O) groups excluding carboxylic acids is 1. The van der Waals surface area contributed by atoms with Gasteiger partial charge in [-0.2, -0.15) is 0 Å². The average molecular weight is 598 g/mol. The Kier molecular flexibility index (Phi) is 8.50. The van der Waals surface area contributed by atoms with E-state index in [1.807, 2.05) is 0 Å². The van der Waals surface area contributed by atoms with Gasteiger partial charge in [-0.05, 0) is 142 Å². The molecule has 0 aromatic carbocycles. The third kappa shape index (κ3) is 4.82. The van der Waals surface area contributed by atoms with Gasteiger partial charge in [0.25, 0.3) is 0 Å². The van der Waals surface area contributed by atoms with E-state index in [1.165, 1.54) is 31.3 Å². The van der Waals surface area contributed by atoms with Crippen LogP contribution in [0.5, 0.6) is 0 Å². The Morgan fingerprint density at radius 1 is 0.884 bits per heavy atom. The third-order valence-electron chi connectivity index (χ3n) is 15.7. The van der Waals surface area contributed by atoms with Gasteiger partial charge in [-0.25, -0.2) is 0 Å². The molecule has 0 radical (unpaired) electrons. The second-order valence-electron chi connectivity index (χ2n) is 17.5. The van der Waals surface area contributed by atoms with Crippen molar-refractivity contribution < 1.29 is 19.4 Å². The Bertz CT molecular complexity index is 1070. The first-order valence-electron chi connectivity index (χ1n) is 18.1. The number of nitrogens with zero attached hydrogens (tertiary/aromatic N) is 1. The second kappa shape index (κ2) is 11.4. The SMILES string of the molecule is C=C(C)C1CCC2(C(=O)OCCCCN3CCOCC3)CCC3(C)C(CCC4C5(C)CCC(O)C(C)(C)C5CCC43C)C12. The lowest BCUT2D eigenvalue weighted by Gasteiger charge is -2.72. The summed E-state index contributed by atoms with van der Waals surface area (Å²) in [4.78, 5) is 16.7. The normalized spacial score (nSPS) is 47.5. The monoisotopic (exact) mass is 597 g/mol. The molecule has 0 bridgehead atoms. The van der Waals surface area contributed by atoms with Gasteiger partial charge in [0.1, 0.15) is 0 Å². The minimum Gasteiger partial charge on any atom is -0.465 e. The van der Waals surface area contributed by atoms with Crippen molar-refractivity contribution in [1.29, 1.82) is 0 Å². The molecule has 0 aromatic heterocycles. The van der Waals surface area contributed by atoms with Gasteiger partial charge >= 0.3 is 5.97 Å². The summed E-state index contributed by atoms with van der Waals surface area (Å²) in [6.07, 6.45) is 13.1. The van der Waals surface area contributed by atoms with Crippen molar-refractivity contribution in [3.05, 3.63) is 12.2 Å². The van der Waals surface area contributed by atoms with Crippen molar-refractivity contribution >= 4 is 5.97 Å². The highest BCUT2D eigenvalue weighted by molar-refractivity contribution is 5.78. The number of fused-ring (bicyclic) bond motifs is 7. The zero-order chi connectivity index (χ0) is 30.8. The molecule has 1 heterocycles. The zero-order valence-electron chi connectivity index (χ0n) is 28.5. The molecule has 10 unspecified atom stereocenters. The predicted molar refractivity (Wildman–Crippen MR) is 172 cm³/mol. The molecule has 6 aliphatic rings. The van der Waals surface area contributed by atoms with Gasteiger partial charge in [-0.3, -0.25) is 9.69 Å². The Balaban J connectivity index is 1.21. The predicted octanol–water partition coefficient (Wildman–Crippen LogP) is 7.66. The molecule has 0 aromatic rings. The van der Waals surface area contributed by atoms with Crippen LogP contribution in [-0.4, -0.2) is 61.5 Å². The number of aliphatic hydroxyl groups excluding tert-OH is 1. The Hall–Kier alpha value is -0.910. The molecule has 1 aliphatic heterocycles. The highest BCUT2D eigenvalue weighted by Gasteiger charge is 2.72. The second-order valence-corrected chi connectivity index (χ2v) is 17.5. The molecule has 0 spiro atoms. The molecule has 5 saturated carbocycles. The van der Waals surface area contributed by atoms with Crippen LogP contribution >= 0.6 is 0 Å². The fourth-order valence-electron chi connectivity index (χ4n) is 13.1. The molecule has 6 rings (SSSR count). The molecule has 1 N–H and O–H groups in total. The third-order valence-corrected chi connectivity index (χ3v) is 15.7. The number of unbranched alkanes of at least 4 members (excludes halogenated alkanes) is 1. The molecule has 5 nitrogen and oxygen atoms in total. The number of esters is 1. The molecular weight excluding hydrogens is 534 g/mol. The van der Waals surface area contributed by atoms with Crippen molar-refractivity contribution in [3.8, 4) is 0 Å². The van der Waals surface area contributed by atoms with Gasteiger partial charge in [-0.1, -0.05) is 46.8 Å². The summed E-state index contributed by atoms with van der Waals surface area (Å²) in [6, 6.07) is 0. The van der Waals surface area contributed by atoms with E-state index in [4.69, 9.17) is 9.47 Å². The van der Waals surface area contributed by atoms with E-state index in [9.17, 15) is 9.90 Å². The summed E-state index contributed by atoms with van der Waals surface area (Å²) in [7, 11) is 0. The number of allylic oxidation sites excluding steroid dienone is 1. The minimum absolute atomic E-state index is 0.0176. The van der Waals surface area contributed by atoms with Crippen LogP contribution in [0.25, 0.3) is 0 Å². The molecular formula is C38H63NO4. The van der Waals surface area contributed by atoms with E-state index >= 15 is 0 Å². The molecule has 5 heteroatoms. The largest absolute Gasteiger partial charge is 0.465 e. The quantitative estimate of drug-likeness (QED) is 0.185. The van der Waals surface area contributed by atoms with E-state index in [1.54, 1.807) is 0 Å². The van der Waals surface area contributed by atoms with Crippen LogP contribution < -0.4 is 0 Å². The van der Waals surface area contributed by atoms with Gasteiger partial charge in [0.05, 0.1) is 31.3 Å². The molecule has 6 fully saturated rings. The topological polar surface area (TPSA) is 59.0 Å². The molecule has 10 atom stereocenters. The number of hydrogen-bond acceptors (Lipinski definition) is 5. The van der Waals surface area contributed by atoms with Crippen LogP contribution in [0.15, 0.2) is 12.2 Å². The van der Waals surface area contributed by atoms with Crippen LogP contribution in [-0.2, 0) is 14.3 Å². The first-order valence-corrected chi connectivity index (χ1v) is 18.1. The van der Waals surface area contributed by atoms with E-state index in [0.717, 1.165) is 84.2 Å².